The van der Waals surface area contributed by atoms with Gasteiger partial charge in [0.15, 0.2) is 5.69 Å². The molecule has 4 nitrogen and oxygen atoms in total. The predicted octanol–water partition coefficient (Wildman–Crippen LogP) is 4.14. The number of nitroso groups, excluding NO2 is 1. The topological polar surface area (TPSA) is 58.1 Å². The van der Waals surface area contributed by atoms with E-state index in [1.807, 2.05) is 60.7 Å². The lowest BCUT2D eigenvalue weighted by atomic mass is 10.1. The Kier molecular flexibility index (Phi) is 2.90. The first-order chi connectivity index (χ1) is 9.40. The van der Waals surface area contributed by atoms with Gasteiger partial charge in [-0.1, -0.05) is 60.7 Å². The van der Waals surface area contributed by atoms with Crippen LogP contribution in [0, 0.1) is 4.91 Å². The van der Waals surface area contributed by atoms with Crippen molar-refractivity contribution in [3.63, 3.8) is 0 Å². The third kappa shape index (κ3) is 2.04. The lowest BCUT2D eigenvalue weighted by molar-refractivity contribution is 1.10. The Morgan fingerprint density at radius 1 is 0.842 bits per heavy atom. The Hall–Kier alpha value is -2.75. The highest BCUT2D eigenvalue weighted by molar-refractivity contribution is 5.84. The van der Waals surface area contributed by atoms with Crippen LogP contribution in [0.5, 0.6) is 0 Å². The maximum absolute atomic E-state index is 11.1. The summed E-state index contributed by atoms with van der Waals surface area (Å²) in [6.45, 7) is 0. The second-order valence-electron chi connectivity index (χ2n) is 4.12. The maximum Gasteiger partial charge on any atom is 0.161 e. The summed E-state index contributed by atoms with van der Waals surface area (Å²) in [5, 5.41) is 10.3. The molecular weight excluding hydrogens is 238 g/mol. The largest absolute Gasteiger partial charge is 0.275 e. The van der Waals surface area contributed by atoms with Gasteiger partial charge in [-0.15, -0.1) is 4.91 Å². The van der Waals surface area contributed by atoms with Gasteiger partial charge in [-0.3, -0.25) is 5.10 Å². The molecule has 0 radical (unpaired) electrons. The third-order valence-electron chi connectivity index (χ3n) is 2.94. The Labute approximate surface area is 110 Å². The third-order valence-corrected chi connectivity index (χ3v) is 2.94. The number of hydrogen-bond acceptors (Lipinski definition) is 3. The van der Waals surface area contributed by atoms with Crippen LogP contribution in [0.4, 0.5) is 5.69 Å². The molecule has 0 spiro atoms. The number of rotatable bonds is 3. The van der Waals surface area contributed by atoms with Gasteiger partial charge >= 0.3 is 0 Å². The molecule has 0 saturated carbocycles. The number of aromatic nitrogens is 2. The second-order valence-corrected chi connectivity index (χ2v) is 4.12. The zero-order chi connectivity index (χ0) is 13.1. The van der Waals surface area contributed by atoms with Crippen molar-refractivity contribution in [1.29, 1.82) is 0 Å². The molecule has 1 aromatic heterocycles. The molecule has 0 atom stereocenters. The second kappa shape index (κ2) is 4.86. The first-order valence-electron chi connectivity index (χ1n) is 5.92. The predicted molar refractivity (Wildman–Crippen MR) is 74.9 cm³/mol. The quantitative estimate of drug-likeness (QED) is 0.709. The van der Waals surface area contributed by atoms with Crippen LogP contribution in [-0.4, -0.2) is 10.2 Å². The van der Waals surface area contributed by atoms with Crippen LogP contribution in [0.1, 0.15) is 0 Å². The fourth-order valence-corrected chi connectivity index (χ4v) is 2.03. The minimum Gasteiger partial charge on any atom is -0.275 e. The summed E-state index contributed by atoms with van der Waals surface area (Å²) < 4.78 is 0. The van der Waals surface area contributed by atoms with Gasteiger partial charge in [0.05, 0.1) is 5.69 Å². The first-order valence-corrected chi connectivity index (χ1v) is 5.92. The van der Waals surface area contributed by atoms with Gasteiger partial charge in [0.25, 0.3) is 0 Å². The van der Waals surface area contributed by atoms with E-state index in [4.69, 9.17) is 0 Å². The van der Waals surface area contributed by atoms with Gasteiger partial charge in [0, 0.05) is 11.1 Å². The molecule has 0 amide bonds. The van der Waals surface area contributed by atoms with Crippen molar-refractivity contribution < 1.29 is 0 Å². The van der Waals surface area contributed by atoms with Gasteiger partial charge in [0.2, 0.25) is 0 Å². The van der Waals surface area contributed by atoms with E-state index in [0.717, 1.165) is 11.1 Å². The molecule has 0 aliphatic carbocycles. The highest BCUT2D eigenvalue weighted by Gasteiger charge is 2.16. The number of nitrogens with one attached hydrogen (secondary N) is 1. The average molecular weight is 249 g/mol. The monoisotopic (exact) mass is 249 g/mol. The fourth-order valence-electron chi connectivity index (χ4n) is 2.03. The van der Waals surface area contributed by atoms with Crippen molar-refractivity contribution in [2.45, 2.75) is 0 Å². The highest BCUT2D eigenvalue weighted by Crippen LogP contribution is 2.36. The van der Waals surface area contributed by atoms with Crippen molar-refractivity contribution in [1.82, 2.24) is 10.2 Å². The van der Waals surface area contributed by atoms with E-state index in [1.54, 1.807) is 0 Å². The lowest BCUT2D eigenvalue weighted by Gasteiger charge is -1.98. The minimum absolute atomic E-state index is 0.345. The molecule has 1 N–H and O–H groups in total. The maximum atomic E-state index is 11.1. The van der Waals surface area contributed by atoms with Crippen molar-refractivity contribution in [2.75, 3.05) is 0 Å². The molecule has 3 rings (SSSR count). The van der Waals surface area contributed by atoms with E-state index >= 15 is 0 Å². The van der Waals surface area contributed by atoms with Crippen LogP contribution in [0.3, 0.4) is 0 Å². The van der Waals surface area contributed by atoms with Gasteiger partial charge in [-0.05, 0) is 5.18 Å². The molecule has 19 heavy (non-hydrogen) atoms. The molecule has 4 heteroatoms. The highest BCUT2D eigenvalue weighted by atomic mass is 16.3. The van der Waals surface area contributed by atoms with E-state index in [-0.39, 0.29) is 0 Å². The summed E-state index contributed by atoms with van der Waals surface area (Å²) in [4.78, 5) is 11.1. The number of aromatic amines is 1. The molecule has 0 fully saturated rings. The summed E-state index contributed by atoms with van der Waals surface area (Å²) >= 11 is 0. The lowest BCUT2D eigenvalue weighted by Crippen LogP contribution is -1.77. The van der Waals surface area contributed by atoms with Crippen molar-refractivity contribution in [3.8, 4) is 22.5 Å². The van der Waals surface area contributed by atoms with Crippen LogP contribution < -0.4 is 0 Å². The Bertz CT molecular complexity index is 633. The van der Waals surface area contributed by atoms with Gasteiger partial charge in [0.1, 0.15) is 5.69 Å². The van der Waals surface area contributed by atoms with E-state index in [2.05, 4.69) is 15.4 Å². The number of nitrogens with zero attached hydrogens (tertiary/aromatic N) is 2. The number of hydrogen-bond donors (Lipinski definition) is 1. The van der Waals surface area contributed by atoms with Gasteiger partial charge in [-0.2, -0.15) is 5.10 Å². The molecule has 2 aromatic carbocycles. The Balaban J connectivity index is 2.15. The molecule has 3 aromatic rings. The average Bonchev–Trinajstić information content (AvgIpc) is 2.93. The van der Waals surface area contributed by atoms with Crippen LogP contribution in [0.25, 0.3) is 22.5 Å². The summed E-state index contributed by atoms with van der Waals surface area (Å²) in [5.41, 5.74) is 3.34. The van der Waals surface area contributed by atoms with Gasteiger partial charge in [-0.25, -0.2) is 0 Å². The molecule has 0 aliphatic rings. The van der Waals surface area contributed by atoms with Crippen LogP contribution >= 0.6 is 0 Å². The van der Waals surface area contributed by atoms with Crippen LogP contribution in [-0.2, 0) is 0 Å². The normalized spacial score (nSPS) is 10.3. The number of H-pyrrole nitrogens is 1. The summed E-state index contributed by atoms with van der Waals surface area (Å²) in [6, 6.07) is 19.1. The van der Waals surface area contributed by atoms with Crippen molar-refractivity contribution in [3.05, 3.63) is 65.6 Å². The summed E-state index contributed by atoms with van der Waals surface area (Å²) in [7, 11) is 0. The van der Waals surface area contributed by atoms with E-state index in [1.165, 1.54) is 0 Å². The van der Waals surface area contributed by atoms with E-state index in [9.17, 15) is 4.91 Å². The summed E-state index contributed by atoms with van der Waals surface area (Å²) in [5.74, 6) is 0. The SMILES string of the molecule is O=Nc1c(-c2ccccc2)n[nH]c1-c1ccccc1. The standard InChI is InChI=1S/C15H11N3O/c19-18-15-13(11-7-3-1-4-8-11)16-17-14(15)12-9-5-2-6-10-12/h1-10H,(H,16,17). The van der Waals surface area contributed by atoms with Crippen molar-refractivity contribution in [2.24, 2.45) is 5.18 Å². The first kappa shape index (κ1) is 11.3. The molecular formula is C15H11N3O. The molecule has 1 heterocycles. The van der Waals surface area contributed by atoms with Crippen molar-refractivity contribution >= 4 is 5.69 Å². The smallest absolute Gasteiger partial charge is 0.161 e. The molecule has 0 aliphatic heterocycles. The zero-order valence-corrected chi connectivity index (χ0v) is 10.1. The summed E-state index contributed by atoms with van der Waals surface area (Å²) in [6.07, 6.45) is 0. The van der Waals surface area contributed by atoms with Crippen LogP contribution in [0.15, 0.2) is 65.8 Å². The van der Waals surface area contributed by atoms with Crippen LogP contribution in [0.2, 0.25) is 0 Å². The molecule has 0 saturated heterocycles. The molecule has 92 valence electrons. The molecule has 0 bridgehead atoms. The molecule has 0 unspecified atom stereocenters. The van der Waals surface area contributed by atoms with E-state index in [0.29, 0.717) is 17.1 Å². The van der Waals surface area contributed by atoms with Gasteiger partial charge < -0.3 is 0 Å². The Morgan fingerprint density at radius 3 is 2.00 bits per heavy atom. The Morgan fingerprint density at radius 2 is 1.42 bits per heavy atom. The minimum atomic E-state index is 0.345. The zero-order valence-electron chi connectivity index (χ0n) is 10.1. The van der Waals surface area contributed by atoms with E-state index < -0.39 is 0 Å². The fraction of sp³-hybridized carbons (Fsp3) is 0. The number of benzene rings is 2.